The first-order valence-corrected chi connectivity index (χ1v) is 29.0. The number of nitrogens with zero attached hydrogens (tertiary/aromatic N) is 10. The summed E-state index contributed by atoms with van der Waals surface area (Å²) >= 11 is 2.52. The van der Waals surface area contributed by atoms with Crippen LogP contribution in [0.15, 0.2) is 135 Å². The molecule has 33 heteroatoms. The van der Waals surface area contributed by atoms with Crippen LogP contribution in [0.5, 0.6) is 0 Å². The van der Waals surface area contributed by atoms with Gasteiger partial charge >= 0.3 is 11.9 Å². The first kappa shape index (κ1) is 70.6. The molecular weight excluding hydrogens is 1240 g/mol. The first-order valence-electron chi connectivity index (χ1n) is 27.4. The zero-order valence-electron chi connectivity index (χ0n) is 49.5. The molecule has 7 heterocycles. The summed E-state index contributed by atoms with van der Waals surface area (Å²) in [5, 5.41) is 51.9. The van der Waals surface area contributed by atoms with Crippen LogP contribution in [0, 0.1) is 0 Å². The van der Waals surface area contributed by atoms with Crippen LogP contribution in [0.2, 0.25) is 0 Å². The van der Waals surface area contributed by atoms with Gasteiger partial charge in [0.05, 0.1) is 38.4 Å². The third-order valence-electron chi connectivity index (χ3n) is 12.0. The minimum absolute atomic E-state index is 0.0243. The number of benzene rings is 4. The fourth-order valence-electron chi connectivity index (χ4n) is 7.77. The zero-order valence-corrected chi connectivity index (χ0v) is 51.2. The second kappa shape index (κ2) is 36.8. The number of rotatable bonds is 22. The summed E-state index contributed by atoms with van der Waals surface area (Å²) in [6, 6.07) is 32.6. The Morgan fingerprint density at radius 3 is 1.36 bits per heavy atom. The van der Waals surface area contributed by atoms with E-state index in [9.17, 15) is 38.4 Å². The minimum Gasteiger partial charge on any atom is -0.481 e. The van der Waals surface area contributed by atoms with Crippen LogP contribution in [-0.4, -0.2) is 167 Å². The number of methoxy groups -OCH3 is 3. The molecule has 0 saturated carbocycles. The molecule has 9 aromatic rings. The number of nitrogens with one attached hydrogen (secondary N) is 2. The van der Waals surface area contributed by atoms with Crippen LogP contribution in [0.1, 0.15) is 103 Å². The van der Waals surface area contributed by atoms with Gasteiger partial charge in [-0.15, -0.1) is 53.3 Å². The molecule has 0 fully saturated rings. The Hall–Kier alpha value is -10.5. The van der Waals surface area contributed by atoms with Gasteiger partial charge in [-0.2, -0.15) is 0 Å². The lowest BCUT2D eigenvalue weighted by molar-refractivity contribution is -0.137. The Kier molecular flexibility index (Phi) is 28.3. The number of carbonyl (C=O) groups excluding carboxylic acids is 6. The van der Waals surface area contributed by atoms with Gasteiger partial charge in [0.25, 0.3) is 35.4 Å². The highest BCUT2D eigenvalue weighted by molar-refractivity contribution is 7.17. The van der Waals surface area contributed by atoms with Gasteiger partial charge in [0.2, 0.25) is 40.4 Å². The van der Waals surface area contributed by atoms with Crippen LogP contribution >= 0.6 is 22.7 Å². The van der Waals surface area contributed by atoms with E-state index in [1.54, 1.807) is 68.0 Å². The number of fused-ring (bicyclic) bond motifs is 2. The van der Waals surface area contributed by atoms with E-state index < -0.39 is 23.8 Å². The van der Waals surface area contributed by atoms with Crippen LogP contribution in [0.25, 0.3) is 20.9 Å². The van der Waals surface area contributed by atoms with Crippen molar-refractivity contribution >= 4 is 70.1 Å². The molecule has 482 valence electrons. The Morgan fingerprint density at radius 1 is 0.543 bits per heavy atom. The molecular formula is C59H62N14O17S2. The molecule has 2 aliphatic heterocycles. The average molecular weight is 1300 g/mol. The summed E-state index contributed by atoms with van der Waals surface area (Å²) in [5.74, 6) is 3.07. The number of aliphatic hydroxyl groups is 1. The van der Waals surface area contributed by atoms with Crippen molar-refractivity contribution in [2.24, 2.45) is 11.6 Å². The number of imide groups is 2. The molecule has 0 unspecified atom stereocenters. The Morgan fingerprint density at radius 2 is 0.957 bits per heavy atom. The number of aromatic carboxylic acids is 1. The highest BCUT2D eigenvalue weighted by Gasteiger charge is 2.36. The molecule has 0 radical (unpaired) electrons. The predicted octanol–water partition coefficient (Wildman–Crippen LogP) is 4.32. The number of hydrogen-bond acceptors (Lipinski definition) is 27. The number of aromatic nitrogens is 8. The summed E-state index contributed by atoms with van der Waals surface area (Å²) in [5.41, 5.74) is 10.8. The molecule has 0 atom stereocenters. The molecule has 2 aliphatic rings. The molecule has 6 amide bonds. The predicted molar refractivity (Wildman–Crippen MR) is 325 cm³/mol. The van der Waals surface area contributed by atoms with E-state index >= 15 is 0 Å². The Bertz CT molecular complexity index is 3780. The van der Waals surface area contributed by atoms with Crippen LogP contribution < -0.4 is 22.3 Å². The van der Waals surface area contributed by atoms with E-state index in [1.165, 1.54) is 41.8 Å². The normalized spacial score (nSPS) is 11.7. The van der Waals surface area contributed by atoms with Crippen molar-refractivity contribution < 1.29 is 81.1 Å². The maximum absolute atomic E-state index is 12.2. The summed E-state index contributed by atoms with van der Waals surface area (Å²) in [6.45, 7) is 1.33. The highest BCUT2D eigenvalue weighted by Crippen LogP contribution is 2.28. The number of carboxylic acid groups (broad SMARTS) is 2. The van der Waals surface area contributed by atoms with Crippen molar-refractivity contribution in [3.05, 3.63) is 189 Å². The Labute approximate surface area is 531 Å². The highest BCUT2D eigenvalue weighted by atomic mass is 32.1. The van der Waals surface area contributed by atoms with Gasteiger partial charge in [0.15, 0.2) is 5.01 Å². The van der Waals surface area contributed by atoms with Gasteiger partial charge in [-0.3, -0.25) is 48.8 Å². The van der Waals surface area contributed by atoms with Gasteiger partial charge in [-0.1, -0.05) is 84.9 Å². The topological polar surface area (TPSA) is 450 Å². The van der Waals surface area contributed by atoms with Crippen molar-refractivity contribution in [2.75, 3.05) is 54.1 Å². The molecule has 4 aromatic carbocycles. The van der Waals surface area contributed by atoms with Gasteiger partial charge in [-0.25, -0.2) is 20.6 Å². The number of aliphatic carboxylic acids is 1. The van der Waals surface area contributed by atoms with Crippen molar-refractivity contribution in [3.63, 3.8) is 0 Å². The monoisotopic (exact) mass is 1300 g/mol. The maximum Gasteiger partial charge on any atom is 0.365 e. The van der Waals surface area contributed by atoms with E-state index in [0.29, 0.717) is 95.7 Å². The van der Waals surface area contributed by atoms with E-state index in [0.717, 1.165) is 25.8 Å². The van der Waals surface area contributed by atoms with Gasteiger partial charge in [0, 0.05) is 79.2 Å². The number of carbonyl (C=O) groups is 8. The molecule has 11 rings (SSSR count). The second-order valence-electron chi connectivity index (χ2n) is 18.4. The van der Waals surface area contributed by atoms with Crippen molar-refractivity contribution in [1.82, 2.24) is 61.1 Å². The molecule has 0 aliphatic carbocycles. The molecule has 0 saturated heterocycles. The number of nitrogens with two attached hydrogens (primary N) is 2. The van der Waals surface area contributed by atoms with E-state index in [-0.39, 0.29) is 73.9 Å². The number of hydrogen-bond donors (Lipinski definition) is 7. The number of hydrazine groups is 1. The van der Waals surface area contributed by atoms with Crippen LogP contribution in [0.4, 0.5) is 0 Å². The lowest BCUT2D eigenvalue weighted by Gasteiger charge is -2.11. The van der Waals surface area contributed by atoms with Gasteiger partial charge < -0.3 is 53.8 Å². The lowest BCUT2D eigenvalue weighted by Crippen LogP contribution is -2.32. The van der Waals surface area contributed by atoms with Crippen molar-refractivity contribution in [3.8, 4) is 20.9 Å². The number of thiazole rings is 2. The Balaban J connectivity index is 0.000000181. The molecule has 31 nitrogen and oxygen atoms in total. The fourth-order valence-corrected chi connectivity index (χ4v) is 9.37. The minimum atomic E-state index is -1.03. The molecule has 0 bridgehead atoms. The van der Waals surface area contributed by atoms with Gasteiger partial charge in [-0.05, 0) is 35.4 Å². The fraction of sp³-hybridized carbons (Fsp3) is 0.254. The van der Waals surface area contributed by atoms with E-state index in [2.05, 4.69) is 56.5 Å². The number of carboxylic acids is 2. The maximum atomic E-state index is 12.2. The average Bonchev–Trinajstić information content (AvgIpc) is 1.68. The number of aliphatic hydroxyl groups excluding tert-OH is 1. The summed E-state index contributed by atoms with van der Waals surface area (Å²) in [4.78, 5) is 103. The molecule has 5 aromatic heterocycles. The summed E-state index contributed by atoms with van der Waals surface area (Å²) in [7, 11) is 4.53. The summed E-state index contributed by atoms with van der Waals surface area (Å²) < 4.78 is 29.7. The van der Waals surface area contributed by atoms with Crippen molar-refractivity contribution in [1.29, 1.82) is 0 Å². The SMILES string of the molecule is COCC(=O)NN.COCc1nnc(CCN)o1.COCc1nnc(CCN2C(=O)c3ccccc3C2=O)o1.O=C(NCCc1nnc(CO)o1)c1ncc(-c2ccccc2)s1.O=C(O)CCN1C(=O)c2ccccc2C1=O.O=C(O)c1ncc(-c2ccccc2)s1. The largest absolute Gasteiger partial charge is 0.481 e. The molecule has 92 heavy (non-hydrogen) atoms. The third kappa shape index (κ3) is 21.1. The smallest absolute Gasteiger partial charge is 0.365 e. The van der Waals surface area contributed by atoms with Crippen molar-refractivity contribution in [2.45, 2.75) is 45.5 Å². The van der Waals surface area contributed by atoms with Crippen LogP contribution in [0.3, 0.4) is 0 Å². The van der Waals surface area contributed by atoms with E-state index in [1.807, 2.05) is 66.1 Å². The zero-order chi connectivity index (χ0) is 66.4. The molecule has 0 spiro atoms. The standard InChI is InChI=1S/C15H14N4O3S.C14H13N3O4.C11H9NO4.C10H7NO2S.C6H11N3O2.C3H8N2O2/c20-9-13-19-18-12(22-13)6-7-16-14(21)15-17-8-11(23-15)10-4-2-1-3-5-10;1-20-8-12-16-15-11(21-12)6-7-17-13(18)9-4-2-3-5-10(9)14(17)19;13-9(14)5-6-12-10(15)7-3-1-2-4-8(7)11(12)16;12-10(13)9-11-6-8(14-9)7-4-2-1-3-5-7;1-10-4-6-9-8-5(11-6)2-3-7;1-7-2-3(6)5-4/h1-5,8,20H,6-7,9H2,(H,16,21);2-5H,6-8H2,1H3;1-4H,5-6H2,(H,13,14);1-6H,(H,12,13);2-4,7H2,1H3;2,4H2,1H3,(H,5,6). The third-order valence-corrected chi connectivity index (χ3v) is 14.1. The lowest BCUT2D eigenvalue weighted by atomic mass is 10.1. The number of amides is 6. The number of ether oxygens (including phenoxy) is 3. The summed E-state index contributed by atoms with van der Waals surface area (Å²) in [6.07, 6.45) is 4.39. The van der Waals surface area contributed by atoms with Crippen LogP contribution in [-0.2, 0) is 62.9 Å². The van der Waals surface area contributed by atoms with E-state index in [4.69, 9.17) is 43.8 Å². The quantitative estimate of drug-likeness (QED) is 0.0215. The second-order valence-corrected chi connectivity index (χ2v) is 20.5. The first-order chi connectivity index (χ1) is 44.5. The molecule has 9 N–H and O–H groups in total. The van der Waals surface area contributed by atoms with Gasteiger partial charge in [0.1, 0.15) is 26.4 Å².